The third-order valence-electron chi connectivity index (χ3n) is 5.31. The third-order valence-corrected chi connectivity index (χ3v) is 5.95. The normalized spacial score (nSPS) is 15.9. The Morgan fingerprint density at radius 3 is 2.52 bits per heavy atom. The topological polar surface area (TPSA) is 76.4 Å². The van der Waals surface area contributed by atoms with Gasteiger partial charge in [-0.25, -0.2) is 0 Å². The lowest BCUT2D eigenvalue weighted by molar-refractivity contribution is -0.130. The van der Waals surface area contributed by atoms with Crippen molar-refractivity contribution in [2.75, 3.05) is 26.0 Å². The highest BCUT2D eigenvalue weighted by Crippen LogP contribution is 2.55. The van der Waals surface area contributed by atoms with Crippen molar-refractivity contribution in [2.24, 2.45) is 0 Å². The first-order valence-corrected chi connectivity index (χ1v) is 10.6. The Kier molecular flexibility index (Phi) is 6.94. The van der Waals surface area contributed by atoms with E-state index in [4.69, 9.17) is 28.5 Å². The van der Waals surface area contributed by atoms with Crippen LogP contribution >= 0.6 is 23.2 Å². The van der Waals surface area contributed by atoms with Crippen LogP contribution in [0.25, 0.3) is 0 Å². The molecule has 3 rings (SSSR count). The van der Waals surface area contributed by atoms with Crippen molar-refractivity contribution in [1.29, 1.82) is 5.26 Å². The summed E-state index contributed by atoms with van der Waals surface area (Å²) in [5.41, 5.74) is -0.731. The number of rotatable bonds is 6. The zero-order valence-corrected chi connectivity index (χ0v) is 18.9. The zero-order valence-electron chi connectivity index (χ0n) is 17.4. The second-order valence-corrected chi connectivity index (χ2v) is 8.91. The third kappa shape index (κ3) is 5.39. The van der Waals surface area contributed by atoms with Crippen molar-refractivity contribution >= 4 is 34.8 Å². The van der Waals surface area contributed by atoms with Gasteiger partial charge in [0.2, 0.25) is 5.60 Å². The Morgan fingerprint density at radius 1 is 1.23 bits per heavy atom. The summed E-state index contributed by atoms with van der Waals surface area (Å²) in [5, 5.41) is 24.0. The number of aliphatic hydroxyl groups is 1. The molecule has 7 heteroatoms. The molecule has 5 nitrogen and oxygen atoms in total. The minimum absolute atomic E-state index is 0.125. The van der Waals surface area contributed by atoms with E-state index in [0.29, 0.717) is 22.8 Å². The Bertz CT molecular complexity index is 1090. The molecule has 0 aromatic heterocycles. The number of halogens is 2. The van der Waals surface area contributed by atoms with Crippen molar-refractivity contribution in [3.63, 3.8) is 0 Å². The minimum atomic E-state index is -1.92. The lowest BCUT2D eigenvalue weighted by atomic mass is 9.82. The van der Waals surface area contributed by atoms with Gasteiger partial charge in [0.15, 0.2) is 0 Å². The second-order valence-electron chi connectivity index (χ2n) is 8.10. The molecule has 2 aromatic carbocycles. The summed E-state index contributed by atoms with van der Waals surface area (Å²) in [6.45, 7) is 0.400. The van der Waals surface area contributed by atoms with Crippen LogP contribution < -0.4 is 5.32 Å². The maximum atomic E-state index is 13.2. The lowest BCUT2D eigenvalue weighted by Crippen LogP contribution is -2.44. The molecular formula is C24H23Cl2N3O2. The molecule has 1 amide bonds. The van der Waals surface area contributed by atoms with Crippen LogP contribution in [-0.4, -0.2) is 42.2 Å². The Morgan fingerprint density at radius 2 is 1.94 bits per heavy atom. The van der Waals surface area contributed by atoms with Crippen molar-refractivity contribution in [3.8, 4) is 17.9 Å². The maximum Gasteiger partial charge on any atom is 0.269 e. The summed E-state index contributed by atoms with van der Waals surface area (Å²) < 4.78 is 0. The van der Waals surface area contributed by atoms with Gasteiger partial charge in [-0.2, -0.15) is 5.26 Å². The molecule has 2 aromatic rings. The SMILES string of the molecule is CN(C)CC#CC(O)(CC1(c2ccccc2Cl)CC1)C(=O)Nc1ccc(C#N)c(Cl)c1. The standard InChI is InChI=1S/C24H23Cl2N3O2/c1-29(2)13-5-10-24(31,16-23(11-12-23)19-6-3-4-7-20(19)25)22(30)28-18-9-8-17(15-27)21(26)14-18/h3-4,6-9,14,31H,11-13,16H2,1-2H3,(H,28,30). The zero-order chi connectivity index (χ0) is 22.6. The van der Waals surface area contributed by atoms with E-state index in [1.807, 2.05) is 49.3 Å². The van der Waals surface area contributed by atoms with E-state index in [1.165, 1.54) is 12.1 Å². The first kappa shape index (κ1) is 23.1. The summed E-state index contributed by atoms with van der Waals surface area (Å²) in [5.74, 6) is 5.05. The number of nitriles is 1. The van der Waals surface area contributed by atoms with E-state index < -0.39 is 16.9 Å². The maximum absolute atomic E-state index is 13.2. The van der Waals surface area contributed by atoms with Gasteiger partial charge >= 0.3 is 0 Å². The molecular weight excluding hydrogens is 433 g/mol. The van der Waals surface area contributed by atoms with Crippen LogP contribution in [-0.2, 0) is 10.2 Å². The van der Waals surface area contributed by atoms with Crippen molar-refractivity contribution in [3.05, 3.63) is 63.6 Å². The van der Waals surface area contributed by atoms with Gasteiger partial charge in [0.1, 0.15) is 6.07 Å². The largest absolute Gasteiger partial charge is 0.369 e. The van der Waals surface area contributed by atoms with E-state index in [-0.39, 0.29) is 11.4 Å². The lowest BCUT2D eigenvalue weighted by Gasteiger charge is -2.28. The number of benzene rings is 2. The summed E-state index contributed by atoms with van der Waals surface area (Å²) >= 11 is 12.5. The van der Waals surface area contributed by atoms with Crippen molar-refractivity contribution in [2.45, 2.75) is 30.3 Å². The highest BCUT2D eigenvalue weighted by atomic mass is 35.5. The van der Waals surface area contributed by atoms with E-state index in [9.17, 15) is 9.90 Å². The van der Waals surface area contributed by atoms with E-state index in [0.717, 1.165) is 18.4 Å². The van der Waals surface area contributed by atoms with Crippen LogP contribution in [0.1, 0.15) is 30.4 Å². The minimum Gasteiger partial charge on any atom is -0.369 e. The summed E-state index contributed by atoms with van der Waals surface area (Å²) in [6.07, 6.45) is 1.74. The molecule has 1 unspecified atom stereocenters. The van der Waals surface area contributed by atoms with Crippen LogP contribution in [0.2, 0.25) is 10.0 Å². The molecule has 2 N–H and O–H groups in total. The van der Waals surface area contributed by atoms with Gasteiger partial charge in [0.05, 0.1) is 17.1 Å². The molecule has 0 aliphatic heterocycles. The van der Waals surface area contributed by atoms with Gasteiger partial charge in [-0.15, -0.1) is 0 Å². The van der Waals surface area contributed by atoms with Gasteiger partial charge in [-0.3, -0.25) is 9.69 Å². The van der Waals surface area contributed by atoms with Crippen LogP contribution in [0.15, 0.2) is 42.5 Å². The average Bonchev–Trinajstić information content (AvgIpc) is 3.48. The van der Waals surface area contributed by atoms with Gasteiger partial charge in [-0.05, 0) is 56.8 Å². The Hall–Kier alpha value is -2.54. The van der Waals surface area contributed by atoms with Crippen LogP contribution in [0.5, 0.6) is 0 Å². The van der Waals surface area contributed by atoms with Gasteiger partial charge in [-0.1, -0.05) is 53.2 Å². The summed E-state index contributed by atoms with van der Waals surface area (Å²) in [7, 11) is 3.72. The van der Waals surface area contributed by atoms with E-state index in [1.54, 1.807) is 6.07 Å². The molecule has 0 spiro atoms. The van der Waals surface area contributed by atoms with Gasteiger partial charge in [0, 0.05) is 22.5 Å². The number of carbonyl (C=O) groups is 1. The number of hydrogen-bond acceptors (Lipinski definition) is 4. The Labute approximate surface area is 192 Å². The molecule has 0 saturated heterocycles. The molecule has 0 radical (unpaired) electrons. The number of anilines is 1. The number of nitrogens with zero attached hydrogens (tertiary/aromatic N) is 2. The fourth-order valence-corrected chi connectivity index (χ4v) is 4.08. The highest BCUT2D eigenvalue weighted by Gasteiger charge is 2.52. The van der Waals surface area contributed by atoms with Crippen LogP contribution in [0.4, 0.5) is 5.69 Å². The molecule has 31 heavy (non-hydrogen) atoms. The van der Waals surface area contributed by atoms with Crippen molar-refractivity contribution in [1.82, 2.24) is 4.90 Å². The van der Waals surface area contributed by atoms with E-state index in [2.05, 4.69) is 17.2 Å². The summed E-state index contributed by atoms with van der Waals surface area (Å²) in [6, 6.07) is 14.0. The van der Waals surface area contributed by atoms with Crippen LogP contribution in [0.3, 0.4) is 0 Å². The van der Waals surface area contributed by atoms with Gasteiger partial charge in [0.25, 0.3) is 5.91 Å². The highest BCUT2D eigenvalue weighted by molar-refractivity contribution is 6.32. The molecule has 0 heterocycles. The molecule has 1 atom stereocenters. The average molecular weight is 456 g/mol. The first-order chi connectivity index (χ1) is 14.7. The number of amides is 1. The molecule has 1 aliphatic rings. The summed E-state index contributed by atoms with van der Waals surface area (Å²) in [4.78, 5) is 15.0. The van der Waals surface area contributed by atoms with Crippen molar-refractivity contribution < 1.29 is 9.90 Å². The monoisotopic (exact) mass is 455 g/mol. The molecule has 160 valence electrons. The molecule has 0 bridgehead atoms. The predicted octanol–water partition coefficient (Wildman–Crippen LogP) is 4.22. The first-order valence-electron chi connectivity index (χ1n) is 9.82. The number of carbonyl (C=O) groups excluding carboxylic acids is 1. The molecule has 1 aliphatic carbocycles. The fraction of sp³-hybridized carbons (Fsp3) is 0.333. The quantitative estimate of drug-likeness (QED) is 0.639. The van der Waals surface area contributed by atoms with Crippen LogP contribution in [0, 0.1) is 23.2 Å². The van der Waals surface area contributed by atoms with Gasteiger partial charge < -0.3 is 10.4 Å². The molecule has 1 saturated carbocycles. The second kappa shape index (κ2) is 9.30. The predicted molar refractivity (Wildman–Crippen MR) is 123 cm³/mol. The molecule has 1 fully saturated rings. The smallest absolute Gasteiger partial charge is 0.269 e. The Balaban J connectivity index is 1.90. The van der Waals surface area contributed by atoms with E-state index >= 15 is 0 Å². The number of hydrogen-bond donors (Lipinski definition) is 2. The number of nitrogens with one attached hydrogen (secondary N) is 1. The fourth-order valence-electron chi connectivity index (χ4n) is 3.52.